The van der Waals surface area contributed by atoms with Crippen LogP contribution in [0.2, 0.25) is 6.32 Å². The van der Waals surface area contributed by atoms with Gasteiger partial charge in [-0.2, -0.15) is 17.0 Å². The number of nitrogens with one attached hydrogen (secondary N) is 1. The molecule has 3 atom stereocenters. The summed E-state index contributed by atoms with van der Waals surface area (Å²) in [6, 6.07) is -0.148. The summed E-state index contributed by atoms with van der Waals surface area (Å²) in [7, 11) is -5.30. The fourth-order valence-electron chi connectivity index (χ4n) is 3.85. The minimum atomic E-state index is -3.83. The highest BCUT2D eigenvalue weighted by molar-refractivity contribution is 7.86. The zero-order valence-electron chi connectivity index (χ0n) is 15.0. The Balaban J connectivity index is 2.17. The van der Waals surface area contributed by atoms with Crippen molar-refractivity contribution in [2.45, 2.75) is 44.1 Å². The van der Waals surface area contributed by atoms with Crippen molar-refractivity contribution >= 4 is 23.3 Å². The molecule has 2 rings (SSSR count). The Labute approximate surface area is 154 Å². The lowest BCUT2D eigenvalue weighted by molar-refractivity contribution is -0.144. The molecular weight excluding hydrogens is 363 g/mol. The number of carboxylic acids is 1. The van der Waals surface area contributed by atoms with Crippen molar-refractivity contribution in [2.24, 2.45) is 11.7 Å². The third kappa shape index (κ3) is 4.38. The van der Waals surface area contributed by atoms with Gasteiger partial charge in [0, 0.05) is 38.1 Å². The van der Waals surface area contributed by atoms with Gasteiger partial charge in [0.2, 0.25) is 0 Å². The van der Waals surface area contributed by atoms with E-state index in [0.29, 0.717) is 32.4 Å². The standard InChI is InChI=1S/C14H29BN4O6S/c1-2-19(12-5-7-17-8-12)26(24,25)18-9-11(4-3-6-15(22)23)14(16,10-18)13(20)21/h11-12,17,22-23H,2-10,16H2,1H3,(H,20,21)/t11-,12+,14-/m0/s1. The molecule has 0 unspecified atom stereocenters. The molecule has 2 fully saturated rings. The highest BCUT2D eigenvalue weighted by Crippen LogP contribution is 2.33. The largest absolute Gasteiger partial charge is 0.480 e. The fourth-order valence-corrected chi connectivity index (χ4v) is 5.78. The molecule has 10 nitrogen and oxygen atoms in total. The second-order valence-corrected chi connectivity index (χ2v) is 8.99. The summed E-state index contributed by atoms with van der Waals surface area (Å²) in [4.78, 5) is 11.7. The summed E-state index contributed by atoms with van der Waals surface area (Å²) in [5.74, 6) is -1.83. The topological polar surface area (TPSA) is 156 Å². The SMILES string of the molecule is CCN([C@@H]1CCNC1)S(=O)(=O)N1C[C@H](CCCB(O)O)[C@](N)(C(=O)O)C1. The van der Waals surface area contributed by atoms with E-state index in [1.165, 1.54) is 8.61 Å². The lowest BCUT2D eigenvalue weighted by atomic mass is 9.78. The van der Waals surface area contributed by atoms with Gasteiger partial charge < -0.3 is 26.2 Å². The van der Waals surface area contributed by atoms with Crippen molar-refractivity contribution in [3.05, 3.63) is 0 Å². The van der Waals surface area contributed by atoms with Crippen LogP contribution in [0.3, 0.4) is 0 Å². The van der Waals surface area contributed by atoms with E-state index in [9.17, 15) is 18.3 Å². The average Bonchev–Trinajstić information content (AvgIpc) is 3.17. The molecule has 0 amide bonds. The summed E-state index contributed by atoms with van der Waals surface area (Å²) in [6.45, 7) is 3.12. The molecule has 12 heteroatoms. The van der Waals surface area contributed by atoms with Crippen LogP contribution in [-0.2, 0) is 15.0 Å². The zero-order chi connectivity index (χ0) is 19.5. The van der Waals surface area contributed by atoms with Crippen LogP contribution in [0.15, 0.2) is 0 Å². The molecule has 0 radical (unpaired) electrons. The molecule has 150 valence electrons. The minimum absolute atomic E-state index is 0.0172. The van der Waals surface area contributed by atoms with E-state index in [4.69, 9.17) is 15.8 Å². The van der Waals surface area contributed by atoms with Crippen molar-refractivity contribution in [1.29, 1.82) is 0 Å². The summed E-state index contributed by atoms with van der Waals surface area (Å²) >= 11 is 0. The van der Waals surface area contributed by atoms with Gasteiger partial charge in [-0.05, 0) is 25.7 Å². The first-order valence-electron chi connectivity index (χ1n) is 8.99. The monoisotopic (exact) mass is 392 g/mol. The first-order chi connectivity index (χ1) is 12.1. The minimum Gasteiger partial charge on any atom is -0.480 e. The average molecular weight is 392 g/mol. The van der Waals surface area contributed by atoms with Crippen LogP contribution >= 0.6 is 0 Å². The second-order valence-electron chi connectivity index (χ2n) is 7.10. The van der Waals surface area contributed by atoms with Crippen LogP contribution in [0.4, 0.5) is 0 Å². The Morgan fingerprint density at radius 3 is 2.65 bits per heavy atom. The van der Waals surface area contributed by atoms with Gasteiger partial charge in [0.15, 0.2) is 0 Å². The van der Waals surface area contributed by atoms with Crippen molar-refractivity contribution in [3.63, 3.8) is 0 Å². The van der Waals surface area contributed by atoms with Gasteiger partial charge in [-0.25, -0.2) is 0 Å². The third-order valence-corrected chi connectivity index (χ3v) is 7.46. The van der Waals surface area contributed by atoms with Crippen LogP contribution in [0.1, 0.15) is 26.2 Å². The van der Waals surface area contributed by atoms with E-state index >= 15 is 0 Å². The maximum atomic E-state index is 13.1. The van der Waals surface area contributed by atoms with E-state index in [1.54, 1.807) is 6.92 Å². The van der Waals surface area contributed by atoms with Gasteiger partial charge in [0.1, 0.15) is 5.54 Å². The lowest BCUT2D eigenvalue weighted by Crippen LogP contribution is -2.56. The molecular formula is C14H29BN4O6S. The molecule has 0 spiro atoms. The first-order valence-corrected chi connectivity index (χ1v) is 10.4. The van der Waals surface area contributed by atoms with Crippen molar-refractivity contribution < 1.29 is 28.4 Å². The molecule has 0 bridgehead atoms. The van der Waals surface area contributed by atoms with E-state index < -0.39 is 34.8 Å². The fraction of sp³-hybridized carbons (Fsp3) is 0.929. The van der Waals surface area contributed by atoms with Gasteiger partial charge in [0.05, 0.1) is 0 Å². The van der Waals surface area contributed by atoms with Crippen LogP contribution in [0.25, 0.3) is 0 Å². The predicted molar refractivity (Wildman–Crippen MR) is 96.4 cm³/mol. The Morgan fingerprint density at radius 2 is 2.15 bits per heavy atom. The molecule has 2 aliphatic heterocycles. The van der Waals surface area contributed by atoms with Gasteiger partial charge in [0.25, 0.3) is 10.2 Å². The summed E-state index contributed by atoms with van der Waals surface area (Å²) in [5.41, 5.74) is 4.40. The third-order valence-electron chi connectivity index (χ3n) is 5.38. The quantitative estimate of drug-likeness (QED) is 0.279. The van der Waals surface area contributed by atoms with Gasteiger partial charge in [-0.3, -0.25) is 4.79 Å². The van der Waals surface area contributed by atoms with Crippen LogP contribution in [-0.4, -0.2) is 89.6 Å². The highest BCUT2D eigenvalue weighted by atomic mass is 32.2. The number of likely N-dealkylation sites (N-methyl/N-ethyl adjacent to an activating group) is 1. The smallest absolute Gasteiger partial charge is 0.451 e. The van der Waals surface area contributed by atoms with Crippen molar-refractivity contribution in [1.82, 2.24) is 13.9 Å². The number of nitrogens with two attached hydrogens (primary N) is 1. The van der Waals surface area contributed by atoms with Gasteiger partial charge in [-0.15, -0.1) is 0 Å². The maximum absolute atomic E-state index is 13.1. The number of carbonyl (C=O) groups is 1. The summed E-state index contributed by atoms with van der Waals surface area (Å²) < 4.78 is 28.8. The molecule has 2 saturated heterocycles. The van der Waals surface area contributed by atoms with Crippen LogP contribution in [0, 0.1) is 5.92 Å². The lowest BCUT2D eigenvalue weighted by Gasteiger charge is -2.31. The molecule has 6 N–H and O–H groups in total. The molecule has 0 aromatic heterocycles. The Bertz CT molecular complexity index is 600. The summed E-state index contributed by atoms with van der Waals surface area (Å²) in [6.07, 6.45) is 1.47. The van der Waals surface area contributed by atoms with Crippen molar-refractivity contribution in [3.8, 4) is 0 Å². The Morgan fingerprint density at radius 1 is 1.46 bits per heavy atom. The predicted octanol–water partition coefficient (Wildman–Crippen LogP) is -2.12. The molecule has 26 heavy (non-hydrogen) atoms. The van der Waals surface area contributed by atoms with Crippen LogP contribution in [0.5, 0.6) is 0 Å². The molecule has 0 aromatic rings. The summed E-state index contributed by atoms with van der Waals surface area (Å²) in [5, 5.41) is 30.6. The Kier molecular flexibility index (Phi) is 7.05. The number of rotatable bonds is 9. The van der Waals surface area contributed by atoms with Gasteiger partial charge in [-0.1, -0.05) is 13.3 Å². The number of hydrogen-bond donors (Lipinski definition) is 5. The first kappa shape index (κ1) is 21.5. The molecule has 0 aliphatic carbocycles. The van der Waals surface area contributed by atoms with Gasteiger partial charge >= 0.3 is 13.1 Å². The van der Waals surface area contributed by atoms with Crippen molar-refractivity contribution in [2.75, 3.05) is 32.7 Å². The normalized spacial score (nSPS) is 30.2. The zero-order valence-corrected chi connectivity index (χ0v) is 15.9. The molecule has 0 saturated carbocycles. The number of hydrogen-bond acceptors (Lipinski definition) is 7. The van der Waals surface area contributed by atoms with E-state index in [2.05, 4.69) is 5.32 Å². The number of carboxylic acid groups (broad SMARTS) is 1. The van der Waals surface area contributed by atoms with E-state index in [-0.39, 0.29) is 25.5 Å². The highest BCUT2D eigenvalue weighted by Gasteiger charge is 2.53. The number of aliphatic carboxylic acids is 1. The molecule has 0 aromatic carbocycles. The molecule has 2 heterocycles. The number of nitrogens with zero attached hydrogens (tertiary/aromatic N) is 2. The van der Waals surface area contributed by atoms with E-state index in [0.717, 1.165) is 6.54 Å². The van der Waals surface area contributed by atoms with E-state index in [1.807, 2.05) is 0 Å². The Hall–Kier alpha value is -0.755. The maximum Gasteiger partial charge on any atom is 0.451 e. The second kappa shape index (κ2) is 8.51. The van der Waals surface area contributed by atoms with Crippen LogP contribution < -0.4 is 11.1 Å². The molecule has 2 aliphatic rings.